The molecule has 148 valence electrons. The van der Waals surface area contributed by atoms with E-state index in [2.05, 4.69) is 5.32 Å². The fourth-order valence-electron chi connectivity index (χ4n) is 3.21. The number of carbonyl (C=O) groups is 2. The first-order valence-corrected chi connectivity index (χ1v) is 9.86. The third-order valence-corrected chi connectivity index (χ3v) is 5.63. The summed E-state index contributed by atoms with van der Waals surface area (Å²) < 4.78 is 0. The number of aliphatic hydroxyl groups excluding tert-OH is 1. The van der Waals surface area contributed by atoms with Crippen LogP contribution in [0.4, 0.5) is 5.69 Å². The summed E-state index contributed by atoms with van der Waals surface area (Å²) >= 11 is 1.38. The van der Waals surface area contributed by atoms with Crippen LogP contribution < -0.4 is 5.32 Å². The van der Waals surface area contributed by atoms with Crippen molar-refractivity contribution >= 4 is 28.8 Å². The van der Waals surface area contributed by atoms with Gasteiger partial charge in [0.2, 0.25) is 5.91 Å². The summed E-state index contributed by atoms with van der Waals surface area (Å²) in [6, 6.07) is 9.17. The second-order valence-corrected chi connectivity index (χ2v) is 7.62. The Morgan fingerprint density at radius 1 is 1.32 bits per heavy atom. The van der Waals surface area contributed by atoms with Crippen LogP contribution in [-0.4, -0.2) is 46.4 Å². The van der Waals surface area contributed by atoms with Crippen molar-refractivity contribution in [2.24, 2.45) is 5.92 Å². The lowest BCUT2D eigenvalue weighted by Crippen LogP contribution is -2.45. The van der Waals surface area contributed by atoms with Gasteiger partial charge in [0.1, 0.15) is 0 Å². The average molecular weight is 403 g/mol. The topological polar surface area (TPSA) is 113 Å². The Balaban J connectivity index is 1.52. The van der Waals surface area contributed by atoms with E-state index in [1.807, 2.05) is 11.4 Å². The molecule has 0 bridgehead atoms. The summed E-state index contributed by atoms with van der Waals surface area (Å²) in [5.41, 5.74) is 0.432. The SMILES string of the molecule is O=C(NC[C@H](O)c1ccc([N+](=O)[O-])cc1)[C@H]1CCCN(C(=O)c2cccs2)C1. The number of nitro benzene ring substituents is 1. The summed E-state index contributed by atoms with van der Waals surface area (Å²) in [6.07, 6.45) is 0.477. The minimum Gasteiger partial charge on any atom is -0.387 e. The van der Waals surface area contributed by atoms with E-state index in [-0.39, 0.29) is 30.0 Å². The predicted molar refractivity (Wildman–Crippen MR) is 104 cm³/mol. The van der Waals surface area contributed by atoms with Crippen LogP contribution >= 0.6 is 11.3 Å². The van der Waals surface area contributed by atoms with Crippen molar-refractivity contribution in [2.45, 2.75) is 18.9 Å². The Hall–Kier alpha value is -2.78. The van der Waals surface area contributed by atoms with Crippen molar-refractivity contribution in [3.05, 3.63) is 62.3 Å². The Kier molecular flexibility index (Phi) is 6.37. The third-order valence-electron chi connectivity index (χ3n) is 4.77. The molecule has 2 N–H and O–H groups in total. The molecule has 8 nitrogen and oxygen atoms in total. The molecule has 0 aliphatic carbocycles. The lowest BCUT2D eigenvalue weighted by atomic mass is 9.96. The van der Waals surface area contributed by atoms with Crippen LogP contribution in [0.2, 0.25) is 0 Å². The molecule has 2 atom stereocenters. The number of amides is 2. The maximum atomic E-state index is 12.5. The van der Waals surface area contributed by atoms with E-state index in [4.69, 9.17) is 0 Å². The maximum Gasteiger partial charge on any atom is 0.269 e. The van der Waals surface area contributed by atoms with Gasteiger partial charge in [0.15, 0.2) is 0 Å². The van der Waals surface area contributed by atoms with E-state index in [1.165, 1.54) is 35.6 Å². The minimum absolute atomic E-state index is 0.00597. The first-order valence-electron chi connectivity index (χ1n) is 8.98. The molecule has 1 aliphatic heterocycles. The lowest BCUT2D eigenvalue weighted by molar-refractivity contribution is -0.384. The van der Waals surface area contributed by atoms with Crippen molar-refractivity contribution in [3.63, 3.8) is 0 Å². The standard InChI is InChI=1S/C19H21N3O5S/c23-16(13-5-7-15(8-6-13)22(26)27)11-20-18(24)14-3-1-9-21(12-14)19(25)17-4-2-10-28-17/h2,4-8,10,14,16,23H,1,3,9,11-12H2,(H,20,24)/t14-,16-/m0/s1. The number of benzene rings is 1. The van der Waals surface area contributed by atoms with Crippen molar-refractivity contribution < 1.29 is 19.6 Å². The third kappa shape index (κ3) is 4.73. The lowest BCUT2D eigenvalue weighted by Gasteiger charge is -2.32. The maximum absolute atomic E-state index is 12.5. The van der Waals surface area contributed by atoms with Gasteiger partial charge in [0.25, 0.3) is 11.6 Å². The molecule has 2 amide bonds. The molecule has 0 saturated carbocycles. The number of thiophene rings is 1. The van der Waals surface area contributed by atoms with E-state index in [1.54, 1.807) is 11.0 Å². The van der Waals surface area contributed by atoms with Gasteiger partial charge in [-0.2, -0.15) is 0 Å². The smallest absolute Gasteiger partial charge is 0.269 e. The van der Waals surface area contributed by atoms with E-state index < -0.39 is 11.0 Å². The van der Waals surface area contributed by atoms with Crippen LogP contribution in [0.15, 0.2) is 41.8 Å². The van der Waals surface area contributed by atoms with Gasteiger partial charge in [-0.05, 0) is 42.0 Å². The highest BCUT2D eigenvalue weighted by Gasteiger charge is 2.29. The zero-order valence-electron chi connectivity index (χ0n) is 15.1. The highest BCUT2D eigenvalue weighted by Crippen LogP contribution is 2.21. The van der Waals surface area contributed by atoms with Crippen molar-refractivity contribution in [3.8, 4) is 0 Å². The molecule has 1 aromatic heterocycles. The van der Waals surface area contributed by atoms with Gasteiger partial charge in [-0.15, -0.1) is 11.3 Å². The second kappa shape index (κ2) is 8.94. The predicted octanol–water partition coefficient (Wildman–Crippen LogP) is 2.36. The van der Waals surface area contributed by atoms with Crippen molar-refractivity contribution in [1.82, 2.24) is 10.2 Å². The van der Waals surface area contributed by atoms with E-state index in [0.29, 0.717) is 30.0 Å². The Bertz CT molecular complexity index is 838. The van der Waals surface area contributed by atoms with Gasteiger partial charge < -0.3 is 15.3 Å². The van der Waals surface area contributed by atoms with Gasteiger partial charge >= 0.3 is 0 Å². The fourth-order valence-corrected chi connectivity index (χ4v) is 3.90. The van der Waals surface area contributed by atoms with Crippen LogP contribution in [0.5, 0.6) is 0 Å². The molecule has 0 spiro atoms. The number of carbonyl (C=O) groups excluding carboxylic acids is 2. The summed E-state index contributed by atoms with van der Waals surface area (Å²) in [4.78, 5) is 37.5. The molecule has 0 radical (unpaired) electrons. The zero-order valence-corrected chi connectivity index (χ0v) is 15.9. The highest BCUT2D eigenvalue weighted by molar-refractivity contribution is 7.12. The van der Waals surface area contributed by atoms with Crippen molar-refractivity contribution in [2.75, 3.05) is 19.6 Å². The molecule has 1 fully saturated rings. The van der Waals surface area contributed by atoms with Crippen LogP contribution in [-0.2, 0) is 4.79 Å². The van der Waals surface area contributed by atoms with Gasteiger partial charge in [0, 0.05) is 31.8 Å². The normalized spacial score (nSPS) is 17.8. The van der Waals surface area contributed by atoms with E-state index in [0.717, 1.165) is 6.42 Å². The number of rotatable bonds is 6. The molecular formula is C19H21N3O5S. The van der Waals surface area contributed by atoms with Crippen molar-refractivity contribution in [1.29, 1.82) is 0 Å². The number of nitro groups is 1. The number of piperidine rings is 1. The Morgan fingerprint density at radius 3 is 2.71 bits per heavy atom. The number of nitrogens with one attached hydrogen (secondary N) is 1. The van der Waals surface area contributed by atoms with E-state index in [9.17, 15) is 24.8 Å². The first kappa shape index (κ1) is 20.0. The molecule has 1 aromatic carbocycles. The molecule has 2 aromatic rings. The molecular weight excluding hydrogens is 382 g/mol. The van der Waals surface area contributed by atoms with E-state index >= 15 is 0 Å². The zero-order chi connectivity index (χ0) is 20.1. The van der Waals surface area contributed by atoms with Gasteiger partial charge in [-0.25, -0.2) is 0 Å². The number of non-ortho nitro benzene ring substituents is 1. The van der Waals surface area contributed by atoms with Gasteiger partial charge in [0.05, 0.1) is 21.8 Å². The highest BCUT2D eigenvalue weighted by atomic mass is 32.1. The van der Waals surface area contributed by atoms with Gasteiger partial charge in [-0.3, -0.25) is 19.7 Å². The van der Waals surface area contributed by atoms with Crippen LogP contribution in [0.3, 0.4) is 0 Å². The molecule has 0 unspecified atom stereocenters. The second-order valence-electron chi connectivity index (χ2n) is 6.68. The van der Waals surface area contributed by atoms with Crippen LogP contribution in [0.25, 0.3) is 0 Å². The summed E-state index contributed by atoms with van der Waals surface area (Å²) in [7, 11) is 0. The molecule has 3 rings (SSSR count). The monoisotopic (exact) mass is 403 g/mol. The Morgan fingerprint density at radius 2 is 2.07 bits per heavy atom. The Labute approximate surface area is 165 Å². The summed E-state index contributed by atoms with van der Waals surface area (Å²) in [5, 5.41) is 25.5. The number of likely N-dealkylation sites (tertiary alicyclic amines) is 1. The first-order chi connectivity index (χ1) is 13.5. The number of nitrogens with zero attached hydrogens (tertiary/aromatic N) is 2. The minimum atomic E-state index is -0.961. The number of aliphatic hydroxyl groups is 1. The molecule has 9 heteroatoms. The fraction of sp³-hybridized carbons (Fsp3) is 0.368. The molecule has 1 saturated heterocycles. The molecule has 28 heavy (non-hydrogen) atoms. The van der Waals surface area contributed by atoms with Crippen LogP contribution in [0.1, 0.15) is 34.2 Å². The molecule has 2 heterocycles. The summed E-state index contributed by atoms with van der Waals surface area (Å²) in [5.74, 6) is -0.579. The molecule has 1 aliphatic rings. The number of hydrogen-bond acceptors (Lipinski definition) is 6. The van der Waals surface area contributed by atoms with Crippen LogP contribution in [0, 0.1) is 16.0 Å². The summed E-state index contributed by atoms with van der Waals surface area (Å²) in [6.45, 7) is 0.994. The largest absolute Gasteiger partial charge is 0.387 e. The van der Waals surface area contributed by atoms with Gasteiger partial charge in [-0.1, -0.05) is 6.07 Å². The number of hydrogen-bond donors (Lipinski definition) is 2. The average Bonchev–Trinajstić information content (AvgIpc) is 3.26. The quantitative estimate of drug-likeness (QED) is 0.568.